The fourth-order valence-corrected chi connectivity index (χ4v) is 4.46. The van der Waals surface area contributed by atoms with Crippen molar-refractivity contribution in [2.24, 2.45) is 0 Å². The van der Waals surface area contributed by atoms with Crippen molar-refractivity contribution in [1.29, 1.82) is 0 Å². The Labute approximate surface area is 189 Å². The van der Waals surface area contributed by atoms with Gasteiger partial charge in [0.2, 0.25) is 0 Å². The number of carboxylic acids is 1. The molecule has 0 atom stereocenters. The summed E-state index contributed by atoms with van der Waals surface area (Å²) in [6.45, 7) is 6.01. The fourth-order valence-electron chi connectivity index (χ4n) is 3.43. The van der Waals surface area contributed by atoms with Crippen molar-refractivity contribution in [3.63, 3.8) is 0 Å². The van der Waals surface area contributed by atoms with E-state index in [0.717, 1.165) is 33.2 Å². The van der Waals surface area contributed by atoms with Crippen LogP contribution in [0.25, 0.3) is 16.3 Å². The Hall–Kier alpha value is -3.16. The molecule has 4 aromatic rings. The number of nitrogens with zero attached hydrogens (tertiary/aromatic N) is 3. The molecule has 8 heteroatoms. The molecule has 0 aliphatic heterocycles. The van der Waals surface area contributed by atoms with Crippen LogP contribution in [0.2, 0.25) is 5.02 Å². The SMILES string of the molecule is CCc1nn(-c2ccccc2C)c(Nc2ccc(Cl)cc2C(=O)O)c1-c1nc(C)cs1. The number of thiazole rings is 1. The van der Waals surface area contributed by atoms with Gasteiger partial charge in [0.1, 0.15) is 10.8 Å². The third-order valence-corrected chi connectivity index (χ3v) is 6.15. The van der Waals surface area contributed by atoms with Gasteiger partial charge in [0.05, 0.1) is 28.2 Å². The second-order valence-corrected chi connectivity index (χ2v) is 8.43. The second kappa shape index (κ2) is 8.53. The first-order chi connectivity index (χ1) is 14.9. The van der Waals surface area contributed by atoms with Gasteiger partial charge >= 0.3 is 5.97 Å². The van der Waals surface area contributed by atoms with Crippen LogP contribution in [-0.4, -0.2) is 25.8 Å². The largest absolute Gasteiger partial charge is 0.478 e. The van der Waals surface area contributed by atoms with Gasteiger partial charge in [-0.3, -0.25) is 0 Å². The molecule has 31 heavy (non-hydrogen) atoms. The van der Waals surface area contributed by atoms with Crippen LogP contribution in [0.1, 0.15) is 34.2 Å². The summed E-state index contributed by atoms with van der Waals surface area (Å²) in [7, 11) is 0. The maximum atomic E-state index is 11.9. The number of benzene rings is 2. The Kier molecular flexibility index (Phi) is 5.80. The minimum Gasteiger partial charge on any atom is -0.478 e. The molecule has 0 aliphatic rings. The summed E-state index contributed by atoms with van der Waals surface area (Å²) in [5.74, 6) is -0.389. The number of aromatic carboxylic acids is 1. The van der Waals surface area contributed by atoms with Gasteiger partial charge in [-0.05, 0) is 50.1 Å². The first kappa shape index (κ1) is 21.1. The van der Waals surface area contributed by atoms with Gasteiger partial charge in [0.25, 0.3) is 0 Å². The lowest BCUT2D eigenvalue weighted by Gasteiger charge is -2.15. The number of carboxylic acid groups (broad SMARTS) is 1. The molecule has 0 bridgehead atoms. The number of carbonyl (C=O) groups is 1. The first-order valence-electron chi connectivity index (χ1n) is 9.79. The topological polar surface area (TPSA) is 80.0 Å². The van der Waals surface area contributed by atoms with Crippen molar-refractivity contribution in [3.05, 3.63) is 75.4 Å². The zero-order valence-electron chi connectivity index (χ0n) is 17.3. The molecule has 2 N–H and O–H groups in total. The molecule has 0 aliphatic carbocycles. The molecule has 0 saturated heterocycles. The van der Waals surface area contributed by atoms with E-state index in [2.05, 4.69) is 10.3 Å². The van der Waals surface area contributed by atoms with Crippen LogP contribution in [0.15, 0.2) is 47.8 Å². The number of hydrogen-bond donors (Lipinski definition) is 2. The van der Waals surface area contributed by atoms with Crippen molar-refractivity contribution < 1.29 is 9.90 Å². The van der Waals surface area contributed by atoms with Crippen LogP contribution < -0.4 is 5.32 Å². The fraction of sp³-hybridized carbons (Fsp3) is 0.174. The predicted molar refractivity (Wildman–Crippen MR) is 125 cm³/mol. The number of anilines is 2. The van der Waals surface area contributed by atoms with E-state index in [1.165, 1.54) is 6.07 Å². The Morgan fingerprint density at radius 3 is 2.65 bits per heavy atom. The van der Waals surface area contributed by atoms with Crippen molar-refractivity contribution in [3.8, 4) is 16.3 Å². The van der Waals surface area contributed by atoms with Gasteiger partial charge in [-0.1, -0.05) is 36.7 Å². The minimum atomic E-state index is -1.06. The molecule has 0 saturated carbocycles. The van der Waals surface area contributed by atoms with Crippen LogP contribution in [0, 0.1) is 13.8 Å². The van der Waals surface area contributed by atoms with Gasteiger partial charge in [0.15, 0.2) is 0 Å². The summed E-state index contributed by atoms with van der Waals surface area (Å²) in [5, 5.41) is 21.1. The highest BCUT2D eigenvalue weighted by atomic mass is 35.5. The summed E-state index contributed by atoms with van der Waals surface area (Å²) in [4.78, 5) is 16.5. The van der Waals surface area contributed by atoms with E-state index < -0.39 is 5.97 Å². The van der Waals surface area contributed by atoms with Crippen molar-refractivity contribution >= 4 is 40.4 Å². The van der Waals surface area contributed by atoms with Crippen molar-refractivity contribution in [2.45, 2.75) is 27.2 Å². The number of hydrogen-bond acceptors (Lipinski definition) is 5. The number of aromatic nitrogens is 3. The summed E-state index contributed by atoms with van der Waals surface area (Å²) < 4.78 is 1.83. The summed E-state index contributed by atoms with van der Waals surface area (Å²) >= 11 is 7.59. The Balaban J connectivity index is 1.98. The normalized spacial score (nSPS) is 11.0. The first-order valence-corrected chi connectivity index (χ1v) is 11.0. The number of para-hydroxylation sites is 1. The Morgan fingerprint density at radius 1 is 1.23 bits per heavy atom. The van der Waals surface area contributed by atoms with E-state index in [1.807, 2.05) is 55.1 Å². The molecule has 0 fully saturated rings. The van der Waals surface area contributed by atoms with Crippen LogP contribution >= 0.6 is 22.9 Å². The summed E-state index contributed by atoms with van der Waals surface area (Å²) in [6.07, 6.45) is 0.702. The van der Waals surface area contributed by atoms with Crippen LogP contribution in [0.5, 0.6) is 0 Å². The zero-order chi connectivity index (χ0) is 22.1. The number of aryl methyl sites for hydroxylation is 3. The lowest BCUT2D eigenvalue weighted by atomic mass is 10.1. The molecule has 2 aromatic heterocycles. The van der Waals surface area contributed by atoms with Gasteiger partial charge < -0.3 is 10.4 Å². The van der Waals surface area contributed by atoms with E-state index in [1.54, 1.807) is 23.5 Å². The third kappa shape index (κ3) is 4.06. The van der Waals surface area contributed by atoms with Crippen molar-refractivity contribution in [2.75, 3.05) is 5.32 Å². The highest BCUT2D eigenvalue weighted by Crippen LogP contribution is 2.38. The van der Waals surface area contributed by atoms with Gasteiger partial charge in [-0.25, -0.2) is 14.5 Å². The zero-order valence-corrected chi connectivity index (χ0v) is 18.9. The smallest absolute Gasteiger partial charge is 0.337 e. The molecule has 0 radical (unpaired) electrons. The van der Waals surface area contributed by atoms with E-state index in [4.69, 9.17) is 16.7 Å². The van der Waals surface area contributed by atoms with Gasteiger partial charge in [0, 0.05) is 16.1 Å². The second-order valence-electron chi connectivity index (χ2n) is 7.14. The van der Waals surface area contributed by atoms with E-state index in [-0.39, 0.29) is 5.56 Å². The minimum absolute atomic E-state index is 0.0874. The molecule has 4 rings (SSSR count). The summed E-state index contributed by atoms with van der Waals surface area (Å²) in [5.41, 5.74) is 5.15. The highest BCUT2D eigenvalue weighted by molar-refractivity contribution is 7.13. The molecular weight excluding hydrogens is 432 g/mol. The van der Waals surface area contributed by atoms with Gasteiger partial charge in [-0.15, -0.1) is 11.3 Å². The molecule has 6 nitrogen and oxygen atoms in total. The van der Waals surface area contributed by atoms with Gasteiger partial charge in [-0.2, -0.15) is 5.10 Å². The lowest BCUT2D eigenvalue weighted by molar-refractivity contribution is 0.0698. The molecule has 2 heterocycles. The maximum Gasteiger partial charge on any atom is 0.337 e. The van der Waals surface area contributed by atoms with E-state index >= 15 is 0 Å². The monoisotopic (exact) mass is 452 g/mol. The molecule has 0 unspecified atom stereocenters. The Morgan fingerprint density at radius 2 is 2.00 bits per heavy atom. The molecule has 2 aromatic carbocycles. The molecule has 0 spiro atoms. The van der Waals surface area contributed by atoms with E-state index in [0.29, 0.717) is 22.9 Å². The Bertz CT molecular complexity index is 1280. The highest BCUT2D eigenvalue weighted by Gasteiger charge is 2.24. The quantitative estimate of drug-likeness (QED) is 0.360. The summed E-state index contributed by atoms with van der Waals surface area (Å²) in [6, 6.07) is 12.7. The van der Waals surface area contributed by atoms with Crippen LogP contribution in [0.3, 0.4) is 0 Å². The third-order valence-electron chi connectivity index (χ3n) is 4.93. The average molecular weight is 453 g/mol. The molecule has 158 valence electrons. The van der Waals surface area contributed by atoms with Crippen molar-refractivity contribution in [1.82, 2.24) is 14.8 Å². The van der Waals surface area contributed by atoms with Crippen LogP contribution in [-0.2, 0) is 6.42 Å². The maximum absolute atomic E-state index is 11.9. The standard InChI is InChI=1S/C23H21ClN4O2S/c1-4-17-20(22-25-14(3)12-31-22)21(28(27-17)19-8-6-5-7-13(19)2)26-18-10-9-15(24)11-16(18)23(29)30/h5-12,26H,4H2,1-3H3,(H,29,30). The number of nitrogens with one attached hydrogen (secondary N) is 1. The average Bonchev–Trinajstić information content (AvgIpc) is 3.32. The lowest BCUT2D eigenvalue weighted by Crippen LogP contribution is -2.08. The number of rotatable bonds is 6. The van der Waals surface area contributed by atoms with Crippen LogP contribution in [0.4, 0.5) is 11.5 Å². The van der Waals surface area contributed by atoms with E-state index in [9.17, 15) is 9.90 Å². The predicted octanol–water partition coefficient (Wildman–Crippen LogP) is 6.27. The molecular formula is C23H21ClN4O2S. The molecule has 0 amide bonds. The number of halogens is 1.